The number of hydrogen-bond acceptors (Lipinski definition) is 13. The molecule has 0 radical (unpaired) electrons. The van der Waals surface area contributed by atoms with E-state index in [1.54, 1.807) is 48.5 Å². The zero-order valence-corrected chi connectivity index (χ0v) is 23.3. The molecule has 0 aliphatic carbocycles. The number of aliphatic hydroxyl groups is 8. The number of rotatable bonds is 11. The van der Waals surface area contributed by atoms with Gasteiger partial charge in [-0.2, -0.15) is 0 Å². The van der Waals surface area contributed by atoms with Gasteiger partial charge in [-0.05, 0) is 41.8 Å². The van der Waals surface area contributed by atoms with Crippen LogP contribution in [0, 0.1) is 0 Å². The lowest BCUT2D eigenvalue weighted by atomic mass is 9.73. The normalized spacial score (nSPS) is 34.3. The Kier molecular flexibility index (Phi) is 10.6. The summed E-state index contributed by atoms with van der Waals surface area (Å²) in [7, 11) is 0. The maximum atomic E-state index is 11.5. The summed E-state index contributed by atoms with van der Waals surface area (Å²) in [5.74, 6) is -0.495. The third-order valence-electron chi connectivity index (χ3n) is 8.02. The van der Waals surface area contributed by atoms with Crippen LogP contribution in [0.3, 0.4) is 0 Å². The minimum atomic E-state index is -1.60. The van der Waals surface area contributed by atoms with Gasteiger partial charge in [0.1, 0.15) is 60.3 Å². The molecule has 2 aliphatic rings. The first-order chi connectivity index (χ1) is 20.4. The molecule has 0 bridgehead atoms. The number of hydrogen-bond donors (Lipinski definition) is 9. The second kappa shape index (κ2) is 13.8. The molecule has 2 aromatic carbocycles. The molecule has 238 valence electrons. The van der Waals surface area contributed by atoms with Crippen LogP contribution in [0.2, 0.25) is 0 Å². The number of aliphatic hydroxyl groups excluding tert-OH is 8. The molecule has 2 aromatic rings. The van der Waals surface area contributed by atoms with Crippen LogP contribution < -0.4 is 9.47 Å². The van der Waals surface area contributed by atoms with Gasteiger partial charge in [-0.3, -0.25) is 4.79 Å². The van der Waals surface area contributed by atoms with Crippen molar-refractivity contribution in [1.29, 1.82) is 0 Å². The fourth-order valence-corrected chi connectivity index (χ4v) is 5.21. The van der Waals surface area contributed by atoms with Crippen LogP contribution in [0.25, 0.3) is 0 Å². The topological polar surface area (TPSA) is 236 Å². The third kappa shape index (κ3) is 7.10. The highest BCUT2D eigenvalue weighted by molar-refractivity contribution is 5.67. The fourth-order valence-electron chi connectivity index (χ4n) is 5.21. The van der Waals surface area contributed by atoms with Crippen LogP contribution in [0.4, 0.5) is 0 Å². The number of benzene rings is 2. The minimum absolute atomic E-state index is 0.150. The summed E-state index contributed by atoms with van der Waals surface area (Å²) in [5.41, 5.74) is 0.622. The summed E-state index contributed by atoms with van der Waals surface area (Å²) in [6.45, 7) is 0.660. The van der Waals surface area contributed by atoms with Crippen molar-refractivity contribution in [1.82, 2.24) is 0 Å². The number of ether oxygens (including phenoxy) is 4. The molecule has 2 aliphatic heterocycles. The highest BCUT2D eigenvalue weighted by Gasteiger charge is 2.46. The highest BCUT2D eigenvalue weighted by atomic mass is 16.7. The first-order valence-electron chi connectivity index (χ1n) is 13.8. The molecule has 0 saturated carbocycles. The Hall–Kier alpha value is -2.89. The predicted octanol–water partition coefficient (Wildman–Crippen LogP) is -1.79. The van der Waals surface area contributed by atoms with Crippen LogP contribution in [0.1, 0.15) is 30.9 Å². The second-order valence-corrected chi connectivity index (χ2v) is 10.9. The predicted molar refractivity (Wildman–Crippen MR) is 145 cm³/mol. The molecule has 14 heteroatoms. The summed E-state index contributed by atoms with van der Waals surface area (Å²) in [6, 6.07) is 13.1. The number of carboxylic acid groups (broad SMARTS) is 1. The number of carbonyl (C=O) groups is 1. The summed E-state index contributed by atoms with van der Waals surface area (Å²) in [6.07, 6.45) is -14.3. The summed E-state index contributed by atoms with van der Waals surface area (Å²) < 4.78 is 22.1. The molecule has 2 heterocycles. The molecule has 9 N–H and O–H groups in total. The van der Waals surface area contributed by atoms with Crippen molar-refractivity contribution in [3.8, 4) is 11.5 Å². The lowest BCUT2D eigenvalue weighted by Crippen LogP contribution is -2.60. The van der Waals surface area contributed by atoms with Crippen LogP contribution in [0.5, 0.6) is 11.5 Å². The smallest absolute Gasteiger partial charge is 0.303 e. The Balaban J connectivity index is 1.52. The van der Waals surface area contributed by atoms with Gasteiger partial charge in [-0.25, -0.2) is 0 Å². The number of carboxylic acids is 1. The van der Waals surface area contributed by atoms with E-state index in [0.717, 1.165) is 11.1 Å². The zero-order valence-electron chi connectivity index (χ0n) is 23.3. The van der Waals surface area contributed by atoms with Crippen molar-refractivity contribution in [2.75, 3.05) is 13.2 Å². The van der Waals surface area contributed by atoms with Crippen molar-refractivity contribution in [2.45, 2.75) is 86.6 Å². The standard InChI is InChI=1S/C29H38O14/c1-29(11-10-20(32)33,14-2-6-16(7-3-14)40-27-25(38)23(36)21(34)18(12-30)42-27)15-4-8-17(9-5-15)41-28-26(39)24(37)22(35)19(13-31)43-28/h2-9,18-19,21-28,30-31,34-39H,10-13H2,1H3,(H,32,33). The monoisotopic (exact) mass is 610 g/mol. The molecule has 10 unspecified atom stereocenters. The molecule has 0 amide bonds. The van der Waals surface area contributed by atoms with E-state index in [4.69, 9.17) is 18.9 Å². The Labute approximate surface area is 246 Å². The van der Waals surface area contributed by atoms with Gasteiger partial charge < -0.3 is 64.9 Å². The molecule has 10 atom stereocenters. The molecule has 2 saturated heterocycles. The van der Waals surface area contributed by atoms with E-state index in [0.29, 0.717) is 0 Å². The first-order valence-corrected chi connectivity index (χ1v) is 13.8. The van der Waals surface area contributed by atoms with E-state index in [9.17, 15) is 50.8 Å². The van der Waals surface area contributed by atoms with Crippen molar-refractivity contribution in [3.63, 3.8) is 0 Å². The summed E-state index contributed by atoms with van der Waals surface area (Å²) in [4.78, 5) is 11.5. The minimum Gasteiger partial charge on any atom is -0.481 e. The van der Waals surface area contributed by atoms with E-state index < -0.39 is 86.0 Å². The Morgan fingerprint density at radius 2 is 1.05 bits per heavy atom. The Morgan fingerprint density at radius 3 is 1.37 bits per heavy atom. The van der Waals surface area contributed by atoms with E-state index in [1.807, 2.05) is 6.92 Å². The lowest BCUT2D eigenvalue weighted by Gasteiger charge is -2.39. The summed E-state index contributed by atoms with van der Waals surface area (Å²) >= 11 is 0. The molecule has 4 rings (SSSR count). The van der Waals surface area contributed by atoms with Crippen LogP contribution in [0.15, 0.2) is 48.5 Å². The van der Waals surface area contributed by atoms with Gasteiger partial charge in [0.2, 0.25) is 12.6 Å². The van der Waals surface area contributed by atoms with Gasteiger partial charge in [0.15, 0.2) is 0 Å². The number of aliphatic carboxylic acids is 1. The van der Waals surface area contributed by atoms with Crippen LogP contribution in [-0.4, -0.2) is 127 Å². The van der Waals surface area contributed by atoms with Crippen molar-refractivity contribution in [3.05, 3.63) is 59.7 Å². The highest BCUT2D eigenvalue weighted by Crippen LogP contribution is 2.38. The average Bonchev–Trinajstić information content (AvgIpc) is 3.01. The maximum absolute atomic E-state index is 11.5. The van der Waals surface area contributed by atoms with Crippen LogP contribution >= 0.6 is 0 Å². The van der Waals surface area contributed by atoms with Gasteiger partial charge >= 0.3 is 5.97 Å². The van der Waals surface area contributed by atoms with Crippen molar-refractivity contribution >= 4 is 5.97 Å². The van der Waals surface area contributed by atoms with Gasteiger partial charge in [-0.1, -0.05) is 31.2 Å². The molecule has 0 spiro atoms. The first kappa shape index (κ1) is 33.0. The molecular formula is C29H38O14. The Bertz CT molecular complexity index is 1110. The van der Waals surface area contributed by atoms with Gasteiger partial charge in [0.05, 0.1) is 13.2 Å². The molecule has 2 fully saturated rings. The van der Waals surface area contributed by atoms with Crippen LogP contribution in [-0.2, 0) is 19.7 Å². The van der Waals surface area contributed by atoms with Crippen molar-refractivity contribution in [2.24, 2.45) is 0 Å². The van der Waals surface area contributed by atoms with Gasteiger partial charge in [-0.15, -0.1) is 0 Å². The second-order valence-electron chi connectivity index (χ2n) is 10.9. The largest absolute Gasteiger partial charge is 0.481 e. The SMILES string of the molecule is CC(CCC(=O)O)(c1ccc(OC2OC(CO)C(O)C(O)C2O)cc1)c1ccc(OC2OC(CO)C(O)C(O)C2O)cc1. The van der Waals surface area contributed by atoms with E-state index >= 15 is 0 Å². The Morgan fingerprint density at radius 1 is 0.674 bits per heavy atom. The quantitative estimate of drug-likeness (QED) is 0.137. The average molecular weight is 611 g/mol. The van der Waals surface area contributed by atoms with Crippen molar-refractivity contribution < 1.29 is 69.7 Å². The summed E-state index contributed by atoms with van der Waals surface area (Å²) in [5, 5.41) is 88.7. The molecule has 0 aromatic heterocycles. The molecule has 14 nitrogen and oxygen atoms in total. The maximum Gasteiger partial charge on any atom is 0.303 e. The fraction of sp³-hybridized carbons (Fsp3) is 0.552. The van der Waals surface area contributed by atoms with E-state index in [-0.39, 0.29) is 24.3 Å². The third-order valence-corrected chi connectivity index (χ3v) is 8.02. The van der Waals surface area contributed by atoms with E-state index in [1.165, 1.54) is 0 Å². The zero-order chi connectivity index (χ0) is 31.5. The molecular weight excluding hydrogens is 572 g/mol. The molecule has 43 heavy (non-hydrogen) atoms. The van der Waals surface area contributed by atoms with Gasteiger partial charge in [0.25, 0.3) is 0 Å². The van der Waals surface area contributed by atoms with E-state index in [2.05, 4.69) is 0 Å². The van der Waals surface area contributed by atoms with Gasteiger partial charge in [0, 0.05) is 11.8 Å². The lowest BCUT2D eigenvalue weighted by molar-refractivity contribution is -0.277.